The highest BCUT2D eigenvalue weighted by Crippen LogP contribution is 2.26. The van der Waals surface area contributed by atoms with Gasteiger partial charge in [0.05, 0.1) is 38.8 Å². The number of anilines is 1. The van der Waals surface area contributed by atoms with Crippen LogP contribution in [0.1, 0.15) is 31.0 Å². The Bertz CT molecular complexity index is 1110. The molecule has 0 unspecified atom stereocenters. The third-order valence-electron chi connectivity index (χ3n) is 4.12. The Kier molecular flexibility index (Phi) is 6.67. The molecule has 2 N–H and O–H groups in total. The lowest BCUT2D eigenvalue weighted by atomic mass is 10.2. The second kappa shape index (κ2) is 9.22. The normalized spacial score (nSPS) is 11.7. The summed E-state index contributed by atoms with van der Waals surface area (Å²) in [6.45, 7) is 2.78. The van der Waals surface area contributed by atoms with Gasteiger partial charge in [-0.05, 0) is 18.1 Å². The fourth-order valence-electron chi connectivity index (χ4n) is 2.62. The number of hydrogen-bond acceptors (Lipinski definition) is 10. The maximum atomic E-state index is 11.1. The zero-order valence-corrected chi connectivity index (χ0v) is 17.8. The van der Waals surface area contributed by atoms with Gasteiger partial charge in [-0.1, -0.05) is 19.4 Å². The third-order valence-corrected chi connectivity index (χ3v) is 4.67. The summed E-state index contributed by atoms with van der Waals surface area (Å²) in [7, 11) is -2.02. The lowest BCUT2D eigenvalue weighted by molar-refractivity contribution is 0.286. The van der Waals surface area contributed by atoms with E-state index in [1.54, 1.807) is 22.9 Å². The number of nitrogen functional groups attached to an aromatic ring is 1. The average molecular weight is 436 g/mol. The van der Waals surface area contributed by atoms with E-state index >= 15 is 0 Å². The predicted octanol–water partition coefficient (Wildman–Crippen LogP) is 1.52. The first kappa shape index (κ1) is 21.7. The van der Waals surface area contributed by atoms with Gasteiger partial charge < -0.3 is 15.2 Å². The SMILES string of the molecule is CCCCOc1nc(N)c2nc(OC)n(Cc3ccc(COS(C)(=O)=O)cn3)c2n1. The van der Waals surface area contributed by atoms with Crippen molar-refractivity contribution in [3.05, 3.63) is 29.6 Å². The van der Waals surface area contributed by atoms with E-state index in [1.165, 1.54) is 7.11 Å². The van der Waals surface area contributed by atoms with Crippen LogP contribution in [0.15, 0.2) is 18.3 Å². The summed E-state index contributed by atoms with van der Waals surface area (Å²) in [4.78, 5) is 17.3. The average Bonchev–Trinajstić information content (AvgIpc) is 3.05. The van der Waals surface area contributed by atoms with Crippen molar-refractivity contribution >= 4 is 27.1 Å². The molecule has 3 aromatic heterocycles. The Morgan fingerprint density at radius 3 is 2.63 bits per heavy atom. The number of nitrogens with two attached hydrogens (primary N) is 1. The highest BCUT2D eigenvalue weighted by molar-refractivity contribution is 7.85. The van der Waals surface area contributed by atoms with Crippen LogP contribution in [0.5, 0.6) is 12.0 Å². The zero-order valence-electron chi connectivity index (χ0n) is 17.0. The maximum Gasteiger partial charge on any atom is 0.320 e. The second-order valence-corrected chi connectivity index (χ2v) is 8.22. The van der Waals surface area contributed by atoms with Crippen LogP contribution in [0, 0.1) is 0 Å². The molecule has 0 amide bonds. The van der Waals surface area contributed by atoms with Gasteiger partial charge in [-0.2, -0.15) is 23.4 Å². The molecule has 3 rings (SSSR count). The van der Waals surface area contributed by atoms with E-state index in [4.69, 9.17) is 19.4 Å². The van der Waals surface area contributed by atoms with Crippen LogP contribution in [0.2, 0.25) is 0 Å². The number of unbranched alkanes of at least 4 members (excludes halogenated alkanes) is 1. The van der Waals surface area contributed by atoms with Gasteiger partial charge in [-0.25, -0.2) is 0 Å². The third kappa shape index (κ3) is 5.33. The molecule has 0 saturated carbocycles. The number of pyridine rings is 1. The topological polar surface area (TPSA) is 144 Å². The Balaban J connectivity index is 1.87. The van der Waals surface area contributed by atoms with E-state index in [9.17, 15) is 8.42 Å². The fourth-order valence-corrected chi connectivity index (χ4v) is 2.97. The van der Waals surface area contributed by atoms with Crippen LogP contribution >= 0.6 is 0 Å². The van der Waals surface area contributed by atoms with E-state index in [1.807, 2.05) is 0 Å². The molecule has 30 heavy (non-hydrogen) atoms. The number of hydrogen-bond donors (Lipinski definition) is 1. The molecule has 0 spiro atoms. The van der Waals surface area contributed by atoms with Crippen LogP contribution in [0.4, 0.5) is 5.82 Å². The quantitative estimate of drug-likeness (QED) is 0.367. The molecule has 0 aliphatic carbocycles. The first-order chi connectivity index (χ1) is 14.3. The maximum absolute atomic E-state index is 11.1. The fraction of sp³-hybridized carbons (Fsp3) is 0.444. The van der Waals surface area contributed by atoms with Crippen molar-refractivity contribution in [1.82, 2.24) is 24.5 Å². The van der Waals surface area contributed by atoms with Crippen molar-refractivity contribution in [2.75, 3.05) is 25.7 Å². The number of fused-ring (bicyclic) bond motifs is 1. The number of methoxy groups -OCH3 is 1. The van der Waals surface area contributed by atoms with Crippen LogP contribution in [-0.2, 0) is 27.5 Å². The molecule has 0 bridgehead atoms. The lowest BCUT2D eigenvalue weighted by Gasteiger charge is -2.09. The van der Waals surface area contributed by atoms with E-state index < -0.39 is 10.1 Å². The van der Waals surface area contributed by atoms with Crippen molar-refractivity contribution in [3.63, 3.8) is 0 Å². The molecule has 0 aliphatic rings. The van der Waals surface area contributed by atoms with Gasteiger partial charge in [0.25, 0.3) is 16.1 Å². The summed E-state index contributed by atoms with van der Waals surface area (Å²) in [5.41, 5.74) is 8.23. The molecule has 3 heterocycles. The van der Waals surface area contributed by atoms with Crippen LogP contribution in [0.25, 0.3) is 11.2 Å². The van der Waals surface area contributed by atoms with Crippen molar-refractivity contribution < 1.29 is 22.1 Å². The number of aromatic nitrogens is 5. The molecule has 0 aliphatic heterocycles. The standard InChI is InChI=1S/C18H24N6O5S/c1-4-5-8-28-17-22-15(19)14-16(23-17)24(18(21-14)27-2)10-13-7-6-12(9-20-13)11-29-30(3,25)26/h6-7,9H,4-5,8,10-11H2,1-3H3,(H2,19,22,23). The monoisotopic (exact) mass is 436 g/mol. The highest BCUT2D eigenvalue weighted by Gasteiger charge is 2.18. The Morgan fingerprint density at radius 2 is 2.00 bits per heavy atom. The first-order valence-corrected chi connectivity index (χ1v) is 11.1. The van der Waals surface area contributed by atoms with Gasteiger partial charge in [-0.3, -0.25) is 13.7 Å². The highest BCUT2D eigenvalue weighted by atomic mass is 32.2. The van der Waals surface area contributed by atoms with Gasteiger partial charge >= 0.3 is 6.01 Å². The second-order valence-electron chi connectivity index (χ2n) is 6.57. The van der Waals surface area contributed by atoms with Gasteiger partial charge in [0.15, 0.2) is 17.0 Å². The smallest absolute Gasteiger partial charge is 0.320 e. The van der Waals surface area contributed by atoms with Crippen molar-refractivity contribution in [2.45, 2.75) is 32.9 Å². The minimum atomic E-state index is -3.52. The summed E-state index contributed by atoms with van der Waals surface area (Å²) in [5, 5.41) is 0. The Hall–Kier alpha value is -2.99. The van der Waals surface area contributed by atoms with E-state index in [2.05, 4.69) is 26.9 Å². The molecular weight excluding hydrogens is 412 g/mol. The van der Waals surface area contributed by atoms with Gasteiger partial charge in [0.1, 0.15) is 0 Å². The summed E-state index contributed by atoms with van der Waals surface area (Å²) in [6.07, 6.45) is 4.41. The summed E-state index contributed by atoms with van der Waals surface area (Å²) >= 11 is 0. The molecule has 162 valence electrons. The summed E-state index contributed by atoms with van der Waals surface area (Å²) in [5.74, 6) is 0.199. The van der Waals surface area contributed by atoms with Crippen LogP contribution < -0.4 is 15.2 Å². The van der Waals surface area contributed by atoms with E-state index in [0.29, 0.717) is 41.6 Å². The van der Waals surface area contributed by atoms with Crippen LogP contribution in [-0.4, -0.2) is 52.9 Å². The molecule has 11 nitrogen and oxygen atoms in total. The minimum Gasteiger partial charge on any atom is -0.468 e. The zero-order chi connectivity index (χ0) is 21.7. The Labute approximate surface area is 174 Å². The molecule has 12 heteroatoms. The van der Waals surface area contributed by atoms with Crippen molar-refractivity contribution in [3.8, 4) is 12.0 Å². The summed E-state index contributed by atoms with van der Waals surface area (Å²) in [6, 6.07) is 3.98. The molecule has 0 fully saturated rings. The van der Waals surface area contributed by atoms with Crippen molar-refractivity contribution in [2.24, 2.45) is 0 Å². The predicted molar refractivity (Wildman–Crippen MR) is 110 cm³/mol. The van der Waals surface area contributed by atoms with E-state index in [-0.39, 0.29) is 18.4 Å². The molecule has 0 radical (unpaired) electrons. The summed E-state index contributed by atoms with van der Waals surface area (Å²) < 4.78 is 39.7. The number of imidazole rings is 1. The minimum absolute atomic E-state index is 0.0777. The first-order valence-electron chi connectivity index (χ1n) is 9.29. The molecule has 0 aromatic carbocycles. The number of nitrogens with zero attached hydrogens (tertiary/aromatic N) is 5. The molecule has 3 aromatic rings. The van der Waals surface area contributed by atoms with Gasteiger partial charge in [0, 0.05) is 6.20 Å². The molecule has 0 saturated heterocycles. The largest absolute Gasteiger partial charge is 0.468 e. The van der Waals surface area contributed by atoms with Gasteiger partial charge in [-0.15, -0.1) is 0 Å². The van der Waals surface area contributed by atoms with Crippen molar-refractivity contribution in [1.29, 1.82) is 0 Å². The number of ether oxygens (including phenoxy) is 2. The van der Waals surface area contributed by atoms with Gasteiger partial charge in [0.2, 0.25) is 0 Å². The number of rotatable bonds is 10. The lowest BCUT2D eigenvalue weighted by Crippen LogP contribution is -2.08. The Morgan fingerprint density at radius 1 is 1.20 bits per heavy atom. The molecular formula is C18H24N6O5S. The molecule has 0 atom stereocenters. The van der Waals surface area contributed by atoms with Crippen LogP contribution in [0.3, 0.4) is 0 Å². The van der Waals surface area contributed by atoms with E-state index in [0.717, 1.165) is 19.1 Å².